The van der Waals surface area contributed by atoms with Gasteiger partial charge in [0, 0.05) is 12.4 Å². The van der Waals surface area contributed by atoms with Crippen molar-refractivity contribution in [3.05, 3.63) is 65.2 Å². The third-order valence-corrected chi connectivity index (χ3v) is 4.05. The highest BCUT2D eigenvalue weighted by molar-refractivity contribution is 5.96. The zero-order valence-electron chi connectivity index (χ0n) is 12.4. The maximum Gasteiger partial charge on any atom is 0.256 e. The number of nitrogens with zero attached hydrogens (tertiary/aromatic N) is 2. The van der Waals surface area contributed by atoms with Crippen molar-refractivity contribution in [1.82, 2.24) is 9.88 Å². The molecule has 1 aromatic heterocycles. The number of carbonyl (C=O) groups is 2. The molecule has 1 heterocycles. The van der Waals surface area contributed by atoms with Gasteiger partial charge in [0.1, 0.15) is 12.4 Å². The lowest BCUT2D eigenvalue weighted by Gasteiger charge is -2.28. The second-order valence-corrected chi connectivity index (χ2v) is 5.50. The molecule has 0 spiro atoms. The largest absolute Gasteiger partial charge is 0.368 e. The number of amides is 2. The fourth-order valence-corrected chi connectivity index (χ4v) is 3.06. The normalized spacial score (nSPS) is 16.0. The summed E-state index contributed by atoms with van der Waals surface area (Å²) < 4.78 is 13.9. The van der Waals surface area contributed by atoms with E-state index in [1.54, 1.807) is 30.5 Å². The molecule has 2 N–H and O–H groups in total. The number of fused-ring (bicyclic) bond motifs is 1. The van der Waals surface area contributed by atoms with Gasteiger partial charge in [0.15, 0.2) is 0 Å². The SMILES string of the molecule is NC(=O)CN(C(=O)c1cccnc1)C1CCc2c(F)cccc21. The lowest BCUT2D eigenvalue weighted by Crippen LogP contribution is -2.40. The number of primary amides is 1. The molecule has 0 saturated carbocycles. The molecule has 1 aliphatic rings. The quantitative estimate of drug-likeness (QED) is 0.935. The van der Waals surface area contributed by atoms with Gasteiger partial charge >= 0.3 is 0 Å². The molecule has 1 aliphatic carbocycles. The summed E-state index contributed by atoms with van der Waals surface area (Å²) in [5.74, 6) is -1.22. The van der Waals surface area contributed by atoms with E-state index in [0.29, 0.717) is 24.0 Å². The van der Waals surface area contributed by atoms with E-state index in [2.05, 4.69) is 4.98 Å². The van der Waals surface area contributed by atoms with Crippen LogP contribution in [0.15, 0.2) is 42.7 Å². The number of hydrogen-bond donors (Lipinski definition) is 1. The van der Waals surface area contributed by atoms with Crippen molar-refractivity contribution >= 4 is 11.8 Å². The van der Waals surface area contributed by atoms with Crippen molar-refractivity contribution in [1.29, 1.82) is 0 Å². The van der Waals surface area contributed by atoms with Crippen molar-refractivity contribution in [3.63, 3.8) is 0 Å². The van der Waals surface area contributed by atoms with E-state index < -0.39 is 5.91 Å². The predicted octanol–water partition coefficient (Wildman–Crippen LogP) is 1.84. The number of rotatable bonds is 4. The summed E-state index contributed by atoms with van der Waals surface area (Å²) in [7, 11) is 0. The first-order valence-corrected chi connectivity index (χ1v) is 7.34. The Morgan fingerprint density at radius 1 is 1.30 bits per heavy atom. The van der Waals surface area contributed by atoms with Crippen molar-refractivity contribution in [2.75, 3.05) is 6.54 Å². The molecule has 23 heavy (non-hydrogen) atoms. The lowest BCUT2D eigenvalue weighted by molar-refractivity contribution is -0.119. The Morgan fingerprint density at radius 3 is 2.83 bits per heavy atom. The molecule has 0 radical (unpaired) electrons. The average molecular weight is 313 g/mol. The molecule has 118 valence electrons. The van der Waals surface area contributed by atoms with Gasteiger partial charge in [-0.15, -0.1) is 0 Å². The molecular formula is C17H16FN3O2. The molecule has 0 fully saturated rings. The van der Waals surface area contributed by atoms with Gasteiger partial charge in [-0.2, -0.15) is 0 Å². The van der Waals surface area contributed by atoms with Gasteiger partial charge in [0.25, 0.3) is 5.91 Å². The van der Waals surface area contributed by atoms with Crippen molar-refractivity contribution < 1.29 is 14.0 Å². The van der Waals surface area contributed by atoms with Gasteiger partial charge in [-0.1, -0.05) is 12.1 Å². The van der Waals surface area contributed by atoms with Crippen molar-refractivity contribution in [2.45, 2.75) is 18.9 Å². The highest BCUT2D eigenvalue weighted by Crippen LogP contribution is 2.37. The predicted molar refractivity (Wildman–Crippen MR) is 81.9 cm³/mol. The number of benzene rings is 1. The van der Waals surface area contributed by atoms with Crippen molar-refractivity contribution in [2.24, 2.45) is 5.73 Å². The molecule has 0 saturated heterocycles. The maximum atomic E-state index is 13.9. The molecule has 2 aromatic rings. The van der Waals surface area contributed by atoms with E-state index in [-0.39, 0.29) is 24.3 Å². The summed E-state index contributed by atoms with van der Waals surface area (Å²) in [5.41, 5.74) is 7.02. The van der Waals surface area contributed by atoms with E-state index in [9.17, 15) is 14.0 Å². The van der Waals surface area contributed by atoms with Crippen LogP contribution in [-0.4, -0.2) is 28.2 Å². The number of nitrogens with two attached hydrogens (primary N) is 1. The smallest absolute Gasteiger partial charge is 0.256 e. The molecular weight excluding hydrogens is 297 g/mol. The fraction of sp³-hybridized carbons (Fsp3) is 0.235. The molecule has 1 atom stereocenters. The Hall–Kier alpha value is -2.76. The molecule has 1 unspecified atom stereocenters. The topological polar surface area (TPSA) is 76.3 Å². The fourth-order valence-electron chi connectivity index (χ4n) is 3.06. The van der Waals surface area contributed by atoms with Crippen molar-refractivity contribution in [3.8, 4) is 0 Å². The van der Waals surface area contributed by atoms with Gasteiger partial charge in [-0.25, -0.2) is 4.39 Å². The summed E-state index contributed by atoms with van der Waals surface area (Å²) in [6.45, 7) is -0.214. The number of carbonyl (C=O) groups excluding carboxylic acids is 2. The summed E-state index contributed by atoms with van der Waals surface area (Å²) in [4.78, 5) is 29.5. The second kappa shape index (κ2) is 6.16. The van der Waals surface area contributed by atoms with E-state index in [4.69, 9.17) is 5.73 Å². The molecule has 6 heteroatoms. The van der Waals surface area contributed by atoms with E-state index >= 15 is 0 Å². The van der Waals surface area contributed by atoms with E-state index in [1.807, 2.05) is 0 Å². The zero-order chi connectivity index (χ0) is 16.4. The standard InChI is InChI=1S/C17H16FN3O2/c18-14-5-1-4-13-12(14)6-7-15(13)21(10-16(19)22)17(23)11-3-2-8-20-9-11/h1-5,8-9,15H,6-7,10H2,(H2,19,22). The summed E-state index contributed by atoms with van der Waals surface area (Å²) in [6.07, 6.45) is 4.10. The highest BCUT2D eigenvalue weighted by Gasteiger charge is 2.33. The lowest BCUT2D eigenvalue weighted by atomic mass is 10.1. The molecule has 1 aromatic carbocycles. The third kappa shape index (κ3) is 2.92. The van der Waals surface area contributed by atoms with Crippen LogP contribution >= 0.6 is 0 Å². The van der Waals surface area contributed by atoms with Gasteiger partial charge in [-0.3, -0.25) is 14.6 Å². The van der Waals surface area contributed by atoms with E-state index in [1.165, 1.54) is 17.2 Å². The van der Waals surface area contributed by atoms with Crippen LogP contribution in [0.4, 0.5) is 4.39 Å². The van der Waals surface area contributed by atoms with Gasteiger partial charge in [0.05, 0.1) is 11.6 Å². The molecule has 2 amide bonds. The van der Waals surface area contributed by atoms with E-state index in [0.717, 1.165) is 5.56 Å². The highest BCUT2D eigenvalue weighted by atomic mass is 19.1. The zero-order valence-corrected chi connectivity index (χ0v) is 12.4. The van der Waals surface area contributed by atoms with Gasteiger partial charge in [-0.05, 0) is 42.2 Å². The van der Waals surface area contributed by atoms with Crippen LogP contribution in [0.3, 0.4) is 0 Å². The van der Waals surface area contributed by atoms with Crippen LogP contribution in [-0.2, 0) is 11.2 Å². The molecule has 3 rings (SSSR count). The second-order valence-electron chi connectivity index (χ2n) is 5.50. The first kappa shape index (κ1) is 15.1. The number of pyridine rings is 1. The van der Waals surface area contributed by atoms with Crippen LogP contribution < -0.4 is 5.73 Å². The summed E-state index contributed by atoms with van der Waals surface area (Å²) in [6, 6.07) is 7.73. The maximum absolute atomic E-state index is 13.9. The Kier molecular flexibility index (Phi) is 4.06. The minimum Gasteiger partial charge on any atom is -0.368 e. The third-order valence-electron chi connectivity index (χ3n) is 4.05. The van der Waals surface area contributed by atoms with Crippen LogP contribution in [0.2, 0.25) is 0 Å². The molecule has 0 bridgehead atoms. The van der Waals surface area contributed by atoms with Gasteiger partial charge in [0.2, 0.25) is 5.91 Å². The average Bonchev–Trinajstić information content (AvgIpc) is 2.98. The monoisotopic (exact) mass is 313 g/mol. The Balaban J connectivity index is 1.97. The minimum atomic E-state index is -0.605. The number of aromatic nitrogens is 1. The Morgan fingerprint density at radius 2 is 2.13 bits per heavy atom. The first-order chi connectivity index (χ1) is 11.1. The Bertz CT molecular complexity index is 749. The minimum absolute atomic E-state index is 0.214. The van der Waals surface area contributed by atoms with Crippen LogP contribution in [0.1, 0.15) is 33.9 Å². The first-order valence-electron chi connectivity index (χ1n) is 7.34. The molecule has 5 nitrogen and oxygen atoms in total. The van der Waals surface area contributed by atoms with Crippen LogP contribution in [0.25, 0.3) is 0 Å². The van der Waals surface area contributed by atoms with Crippen LogP contribution in [0, 0.1) is 5.82 Å². The summed E-state index contributed by atoms with van der Waals surface area (Å²) in [5, 5.41) is 0. The molecule has 0 aliphatic heterocycles. The number of halogens is 1. The van der Waals surface area contributed by atoms with Gasteiger partial charge < -0.3 is 10.6 Å². The Labute approximate surface area is 132 Å². The number of hydrogen-bond acceptors (Lipinski definition) is 3. The summed E-state index contributed by atoms with van der Waals surface area (Å²) >= 11 is 0. The van der Waals surface area contributed by atoms with Crippen LogP contribution in [0.5, 0.6) is 0 Å².